The highest BCUT2D eigenvalue weighted by Gasteiger charge is 2.07. The lowest BCUT2D eigenvalue weighted by molar-refractivity contribution is 0.292. The van der Waals surface area contributed by atoms with Crippen molar-refractivity contribution in [3.05, 3.63) is 24.2 Å². The molecule has 6 heteroatoms. The van der Waals surface area contributed by atoms with Crippen LogP contribution < -0.4 is 10.6 Å². The molecule has 0 spiro atoms. The third-order valence-electron chi connectivity index (χ3n) is 4.25. The van der Waals surface area contributed by atoms with E-state index in [0.29, 0.717) is 12.0 Å². The summed E-state index contributed by atoms with van der Waals surface area (Å²) >= 11 is 0. The van der Waals surface area contributed by atoms with E-state index in [1.54, 1.807) is 6.26 Å². The van der Waals surface area contributed by atoms with E-state index in [1.165, 1.54) is 13.0 Å². The molecule has 0 radical (unpaired) electrons. The van der Waals surface area contributed by atoms with E-state index >= 15 is 0 Å². The second-order valence-electron chi connectivity index (χ2n) is 7.05. The molecule has 0 fully saturated rings. The number of guanidine groups is 1. The first-order chi connectivity index (χ1) is 12.0. The monoisotopic (exact) mass is 478 g/mol. The first-order valence-corrected chi connectivity index (χ1v) is 9.84. The Hall–Kier alpha value is -0.760. The summed E-state index contributed by atoms with van der Waals surface area (Å²) in [5.74, 6) is 2.47. The number of rotatable bonds is 12. The van der Waals surface area contributed by atoms with E-state index in [9.17, 15) is 0 Å². The molecule has 1 aromatic heterocycles. The Kier molecular flexibility index (Phi) is 14.9. The maximum absolute atomic E-state index is 5.39. The number of halogens is 1. The summed E-state index contributed by atoms with van der Waals surface area (Å²) in [6, 6.07) is 4.35. The predicted molar refractivity (Wildman–Crippen MR) is 123 cm³/mol. The van der Waals surface area contributed by atoms with Gasteiger partial charge in [0.2, 0.25) is 0 Å². The first kappa shape index (κ1) is 25.2. The maximum atomic E-state index is 5.39. The van der Waals surface area contributed by atoms with Gasteiger partial charge in [-0.1, -0.05) is 27.7 Å². The molecule has 0 saturated heterocycles. The highest BCUT2D eigenvalue weighted by molar-refractivity contribution is 14.0. The average Bonchev–Trinajstić information content (AvgIpc) is 3.09. The molecule has 0 bridgehead atoms. The van der Waals surface area contributed by atoms with E-state index in [0.717, 1.165) is 50.7 Å². The van der Waals surface area contributed by atoms with Gasteiger partial charge in [-0.25, -0.2) is 0 Å². The molecule has 0 aliphatic rings. The number of hydrogen-bond acceptors (Lipinski definition) is 3. The molecule has 1 heterocycles. The summed E-state index contributed by atoms with van der Waals surface area (Å²) in [6.45, 7) is 16.2. The summed E-state index contributed by atoms with van der Waals surface area (Å²) < 4.78 is 5.39. The minimum atomic E-state index is 0. The van der Waals surface area contributed by atoms with Crippen LogP contribution in [0.1, 0.15) is 53.2 Å². The second-order valence-corrected chi connectivity index (χ2v) is 7.05. The lowest BCUT2D eigenvalue weighted by Gasteiger charge is -2.21. The lowest BCUT2D eigenvalue weighted by Crippen LogP contribution is -2.43. The molecule has 0 aliphatic heterocycles. The van der Waals surface area contributed by atoms with Crippen LogP contribution in [-0.4, -0.2) is 49.6 Å². The molecule has 0 amide bonds. The highest BCUT2D eigenvalue weighted by atomic mass is 127. The van der Waals surface area contributed by atoms with E-state index in [2.05, 4.69) is 50.2 Å². The van der Waals surface area contributed by atoms with Gasteiger partial charge in [-0.3, -0.25) is 4.99 Å². The van der Waals surface area contributed by atoms with Crippen LogP contribution in [0.3, 0.4) is 0 Å². The molecule has 1 unspecified atom stereocenters. The van der Waals surface area contributed by atoms with Crippen molar-refractivity contribution in [2.75, 3.05) is 32.7 Å². The largest absolute Gasteiger partial charge is 0.469 e. The lowest BCUT2D eigenvalue weighted by atomic mass is 10.2. The third-order valence-corrected chi connectivity index (χ3v) is 4.25. The molecule has 5 nitrogen and oxygen atoms in total. The molecule has 26 heavy (non-hydrogen) atoms. The Morgan fingerprint density at radius 1 is 1.23 bits per heavy atom. The predicted octanol–water partition coefficient (Wildman–Crippen LogP) is 4.14. The van der Waals surface area contributed by atoms with Gasteiger partial charge in [0.25, 0.3) is 0 Å². The molecule has 152 valence electrons. The minimum Gasteiger partial charge on any atom is -0.469 e. The molecule has 1 atom stereocenters. The Bertz CT molecular complexity index is 458. The van der Waals surface area contributed by atoms with E-state index in [1.807, 2.05) is 12.1 Å². The summed E-state index contributed by atoms with van der Waals surface area (Å²) in [6.07, 6.45) is 4.95. The zero-order chi connectivity index (χ0) is 18.5. The normalized spacial score (nSPS) is 13.0. The van der Waals surface area contributed by atoms with Crippen molar-refractivity contribution in [2.45, 2.75) is 59.9 Å². The van der Waals surface area contributed by atoms with Gasteiger partial charge in [0.15, 0.2) is 5.96 Å². The van der Waals surface area contributed by atoms with Gasteiger partial charge in [0.1, 0.15) is 5.76 Å². The van der Waals surface area contributed by atoms with Gasteiger partial charge in [-0.15, -0.1) is 24.0 Å². The van der Waals surface area contributed by atoms with Crippen molar-refractivity contribution in [2.24, 2.45) is 10.9 Å². The molecule has 2 N–H and O–H groups in total. The van der Waals surface area contributed by atoms with Gasteiger partial charge < -0.3 is 20.0 Å². The smallest absolute Gasteiger partial charge is 0.191 e. The number of nitrogens with zero attached hydrogens (tertiary/aromatic N) is 2. The van der Waals surface area contributed by atoms with Crippen LogP contribution in [0.2, 0.25) is 0 Å². The summed E-state index contributed by atoms with van der Waals surface area (Å²) in [5.41, 5.74) is 0. The Morgan fingerprint density at radius 3 is 2.54 bits per heavy atom. The number of furan rings is 1. The van der Waals surface area contributed by atoms with Crippen LogP contribution in [0.5, 0.6) is 0 Å². The van der Waals surface area contributed by atoms with Gasteiger partial charge in [0.05, 0.1) is 6.26 Å². The quantitative estimate of drug-likeness (QED) is 0.269. The standard InChI is InChI=1S/C20H38N4O.HI/c1-6-24(7-2)14-8-10-18(5)23-20(22-16-17(3)4)21-13-12-19-11-9-15-25-19;/h9,11,15,17-18H,6-8,10,12-14,16H2,1-5H3,(H2,21,22,23);1H. The fourth-order valence-corrected chi connectivity index (χ4v) is 2.65. The van der Waals surface area contributed by atoms with Gasteiger partial charge in [-0.05, 0) is 57.5 Å². The van der Waals surface area contributed by atoms with Crippen LogP contribution >= 0.6 is 24.0 Å². The van der Waals surface area contributed by atoms with Gasteiger partial charge >= 0.3 is 0 Å². The number of hydrogen-bond donors (Lipinski definition) is 2. The van der Waals surface area contributed by atoms with Crippen LogP contribution in [0, 0.1) is 5.92 Å². The van der Waals surface area contributed by atoms with Crippen LogP contribution in [0.15, 0.2) is 27.8 Å². The topological polar surface area (TPSA) is 52.8 Å². The number of nitrogens with one attached hydrogen (secondary N) is 2. The maximum Gasteiger partial charge on any atom is 0.191 e. The zero-order valence-electron chi connectivity index (χ0n) is 17.3. The SMILES string of the molecule is CCN(CC)CCCC(C)NC(=NCC(C)C)NCCc1ccco1.I. The fraction of sp³-hybridized carbons (Fsp3) is 0.750. The molecule has 0 aliphatic carbocycles. The third kappa shape index (κ3) is 11.8. The van der Waals surface area contributed by atoms with Crippen molar-refractivity contribution >= 4 is 29.9 Å². The average molecular weight is 478 g/mol. The first-order valence-electron chi connectivity index (χ1n) is 9.84. The van der Waals surface area contributed by atoms with E-state index in [-0.39, 0.29) is 24.0 Å². The van der Waals surface area contributed by atoms with Crippen molar-refractivity contribution in [3.63, 3.8) is 0 Å². The molecule has 1 rings (SSSR count). The zero-order valence-corrected chi connectivity index (χ0v) is 19.6. The second kappa shape index (κ2) is 15.3. The summed E-state index contributed by atoms with van der Waals surface area (Å²) in [7, 11) is 0. The number of aliphatic imine (C=N–C) groups is 1. The Morgan fingerprint density at radius 2 is 1.96 bits per heavy atom. The van der Waals surface area contributed by atoms with Gasteiger partial charge in [-0.2, -0.15) is 0 Å². The van der Waals surface area contributed by atoms with Crippen LogP contribution in [-0.2, 0) is 6.42 Å². The van der Waals surface area contributed by atoms with Crippen molar-refractivity contribution in [3.8, 4) is 0 Å². The van der Waals surface area contributed by atoms with E-state index < -0.39 is 0 Å². The molecular formula is C20H39IN4O. The molecular weight excluding hydrogens is 439 g/mol. The fourth-order valence-electron chi connectivity index (χ4n) is 2.65. The Balaban J connectivity index is 0.00000625. The van der Waals surface area contributed by atoms with Crippen molar-refractivity contribution in [1.29, 1.82) is 0 Å². The van der Waals surface area contributed by atoms with Crippen LogP contribution in [0.25, 0.3) is 0 Å². The van der Waals surface area contributed by atoms with Crippen molar-refractivity contribution < 1.29 is 4.42 Å². The molecule has 0 saturated carbocycles. The highest BCUT2D eigenvalue weighted by Crippen LogP contribution is 2.01. The summed E-state index contributed by atoms with van der Waals surface area (Å²) in [4.78, 5) is 7.19. The Labute approximate surface area is 177 Å². The van der Waals surface area contributed by atoms with E-state index in [4.69, 9.17) is 9.41 Å². The minimum absolute atomic E-state index is 0. The van der Waals surface area contributed by atoms with Crippen molar-refractivity contribution in [1.82, 2.24) is 15.5 Å². The molecule has 0 aromatic carbocycles. The summed E-state index contributed by atoms with van der Waals surface area (Å²) in [5, 5.41) is 6.99. The molecule has 1 aromatic rings. The van der Waals surface area contributed by atoms with Crippen LogP contribution in [0.4, 0.5) is 0 Å². The van der Waals surface area contributed by atoms with Gasteiger partial charge in [0, 0.05) is 25.6 Å².